The van der Waals surface area contributed by atoms with Gasteiger partial charge in [0.1, 0.15) is 47.8 Å². The second kappa shape index (κ2) is 10.7. The van der Waals surface area contributed by atoms with Gasteiger partial charge >= 0.3 is 0 Å². The van der Waals surface area contributed by atoms with Crippen molar-refractivity contribution in [1.29, 1.82) is 0 Å². The van der Waals surface area contributed by atoms with Crippen LogP contribution in [-0.2, 0) is 9.47 Å². The number of hydrogen-bond acceptors (Lipinski definition) is 9. The zero-order chi connectivity index (χ0) is 25.1. The first-order chi connectivity index (χ1) is 17.5. The summed E-state index contributed by atoms with van der Waals surface area (Å²) in [5, 5.41) is 3.49. The smallest absolute Gasteiger partial charge is 0.137 e. The van der Waals surface area contributed by atoms with E-state index in [9.17, 15) is 8.78 Å². The van der Waals surface area contributed by atoms with Crippen molar-refractivity contribution in [2.45, 2.75) is 31.6 Å². The Morgan fingerprint density at radius 1 is 1.14 bits per heavy atom. The van der Waals surface area contributed by atoms with Crippen molar-refractivity contribution in [2.24, 2.45) is 0 Å². The number of methoxy groups -OCH3 is 1. The topological polar surface area (TPSA) is 88.5 Å². The fraction of sp³-hybridized carbons (Fsp3) is 0.440. The molecule has 9 nitrogen and oxygen atoms in total. The molecule has 0 aliphatic carbocycles. The first kappa shape index (κ1) is 24.3. The largest absolute Gasteiger partial charge is 0.380 e. The number of nitrogens with one attached hydrogen (secondary N) is 1. The van der Waals surface area contributed by atoms with E-state index in [4.69, 9.17) is 9.47 Å². The molecule has 0 bridgehead atoms. The molecule has 2 aliphatic heterocycles. The lowest BCUT2D eigenvalue weighted by molar-refractivity contribution is 0.0371. The van der Waals surface area contributed by atoms with Gasteiger partial charge in [-0.25, -0.2) is 28.7 Å². The highest BCUT2D eigenvalue weighted by atomic mass is 19.1. The Morgan fingerprint density at radius 3 is 2.81 bits per heavy atom. The van der Waals surface area contributed by atoms with Gasteiger partial charge in [-0.15, -0.1) is 0 Å². The minimum atomic E-state index is -0.609. The lowest BCUT2D eigenvalue weighted by Gasteiger charge is -2.35. The number of aromatic nitrogens is 4. The van der Waals surface area contributed by atoms with Gasteiger partial charge in [0, 0.05) is 56.7 Å². The molecule has 5 rings (SSSR count). The highest BCUT2D eigenvalue weighted by Crippen LogP contribution is 2.31. The van der Waals surface area contributed by atoms with E-state index in [-0.39, 0.29) is 12.1 Å². The van der Waals surface area contributed by atoms with Gasteiger partial charge in [-0.2, -0.15) is 0 Å². The Labute approximate surface area is 208 Å². The molecule has 2 fully saturated rings. The molecule has 1 N–H and O–H groups in total. The fourth-order valence-corrected chi connectivity index (χ4v) is 4.92. The van der Waals surface area contributed by atoms with E-state index in [1.54, 1.807) is 19.6 Å². The summed E-state index contributed by atoms with van der Waals surface area (Å²) in [5.41, 5.74) is 1.23. The van der Waals surface area contributed by atoms with Gasteiger partial charge in [0.25, 0.3) is 0 Å². The van der Waals surface area contributed by atoms with Crippen LogP contribution >= 0.6 is 0 Å². The van der Waals surface area contributed by atoms with Gasteiger partial charge in [0.2, 0.25) is 0 Å². The Balaban J connectivity index is 1.30. The Kier molecular flexibility index (Phi) is 7.19. The third-order valence-corrected chi connectivity index (χ3v) is 6.81. The summed E-state index contributed by atoms with van der Waals surface area (Å²) in [6, 6.07) is 5.64. The van der Waals surface area contributed by atoms with Crippen molar-refractivity contribution in [3.63, 3.8) is 0 Å². The zero-order valence-electron chi connectivity index (χ0n) is 20.3. The number of benzene rings is 1. The molecule has 2 aliphatic rings. The molecule has 1 unspecified atom stereocenters. The van der Waals surface area contributed by atoms with E-state index >= 15 is 0 Å². The fourth-order valence-electron chi connectivity index (χ4n) is 4.92. The third-order valence-electron chi connectivity index (χ3n) is 6.81. The minimum Gasteiger partial charge on any atom is -0.380 e. The summed E-state index contributed by atoms with van der Waals surface area (Å²) in [6.07, 6.45) is 5.28. The van der Waals surface area contributed by atoms with Gasteiger partial charge in [-0.05, 0) is 25.5 Å². The van der Waals surface area contributed by atoms with Crippen LogP contribution in [0.3, 0.4) is 0 Å². The maximum atomic E-state index is 14.4. The first-order valence-corrected chi connectivity index (χ1v) is 12.0. The predicted octanol–water partition coefficient (Wildman–Crippen LogP) is 3.14. The molecule has 2 saturated heterocycles. The zero-order valence-corrected chi connectivity index (χ0v) is 20.3. The van der Waals surface area contributed by atoms with Crippen LogP contribution in [0.2, 0.25) is 0 Å². The van der Waals surface area contributed by atoms with Gasteiger partial charge < -0.3 is 24.6 Å². The van der Waals surface area contributed by atoms with E-state index < -0.39 is 17.7 Å². The van der Waals surface area contributed by atoms with Crippen LogP contribution in [-0.4, -0.2) is 72.0 Å². The van der Waals surface area contributed by atoms with E-state index in [0.29, 0.717) is 31.8 Å². The summed E-state index contributed by atoms with van der Waals surface area (Å²) in [4.78, 5) is 21.7. The van der Waals surface area contributed by atoms with E-state index in [1.807, 2.05) is 13.0 Å². The number of anilines is 3. The normalized spacial score (nSPS) is 22.2. The minimum absolute atomic E-state index is 0.117. The Bertz CT molecular complexity index is 1190. The van der Waals surface area contributed by atoms with E-state index in [1.165, 1.54) is 18.5 Å². The summed E-state index contributed by atoms with van der Waals surface area (Å²) >= 11 is 0. The summed E-state index contributed by atoms with van der Waals surface area (Å²) in [6.45, 7) is 4.78. The number of morpholine rings is 1. The second-order valence-corrected chi connectivity index (χ2v) is 8.99. The molecule has 1 aromatic carbocycles. The molecule has 0 spiro atoms. The molecular weight excluding hydrogens is 468 g/mol. The highest BCUT2D eigenvalue weighted by Gasteiger charge is 2.33. The number of halogens is 2. The highest BCUT2D eigenvalue weighted by molar-refractivity contribution is 5.58. The molecule has 3 atom stereocenters. The van der Waals surface area contributed by atoms with Crippen molar-refractivity contribution in [2.75, 3.05) is 55.0 Å². The maximum Gasteiger partial charge on any atom is 0.137 e. The van der Waals surface area contributed by atoms with Crippen molar-refractivity contribution in [1.82, 2.24) is 19.9 Å². The number of hydrogen-bond donors (Lipinski definition) is 1. The maximum absolute atomic E-state index is 14.4. The van der Waals surface area contributed by atoms with Crippen LogP contribution in [0.25, 0.3) is 0 Å². The second-order valence-electron chi connectivity index (χ2n) is 8.99. The van der Waals surface area contributed by atoms with Crippen molar-refractivity contribution in [3.05, 3.63) is 65.9 Å². The van der Waals surface area contributed by atoms with Crippen LogP contribution in [0.1, 0.15) is 23.7 Å². The van der Waals surface area contributed by atoms with Crippen molar-refractivity contribution >= 4 is 17.5 Å². The van der Waals surface area contributed by atoms with Crippen LogP contribution in [0.15, 0.2) is 43.1 Å². The first-order valence-electron chi connectivity index (χ1n) is 12.0. The quantitative estimate of drug-likeness (QED) is 0.529. The monoisotopic (exact) mass is 497 g/mol. The molecule has 36 heavy (non-hydrogen) atoms. The molecule has 3 aromatic rings. The molecule has 0 saturated carbocycles. The molecule has 11 heteroatoms. The van der Waals surface area contributed by atoms with Crippen LogP contribution < -0.4 is 15.1 Å². The molecule has 190 valence electrons. The van der Waals surface area contributed by atoms with Crippen molar-refractivity contribution < 1.29 is 18.3 Å². The van der Waals surface area contributed by atoms with Gasteiger partial charge in [-0.3, -0.25) is 0 Å². The average Bonchev–Trinajstić information content (AvgIpc) is 3.32. The summed E-state index contributed by atoms with van der Waals surface area (Å²) in [7, 11) is 1.73. The van der Waals surface area contributed by atoms with Crippen LogP contribution in [0, 0.1) is 18.6 Å². The van der Waals surface area contributed by atoms with E-state index in [0.717, 1.165) is 42.0 Å². The number of rotatable bonds is 7. The van der Waals surface area contributed by atoms with Gasteiger partial charge in [-0.1, -0.05) is 6.07 Å². The molecule has 0 radical (unpaired) electrons. The van der Waals surface area contributed by atoms with Gasteiger partial charge in [0.15, 0.2) is 0 Å². The number of ether oxygens (including phenoxy) is 2. The molecule has 2 aromatic heterocycles. The Hall–Kier alpha value is -3.44. The average molecular weight is 498 g/mol. The van der Waals surface area contributed by atoms with E-state index in [2.05, 4.69) is 35.1 Å². The van der Waals surface area contributed by atoms with Crippen LogP contribution in [0.5, 0.6) is 0 Å². The lowest BCUT2D eigenvalue weighted by Crippen LogP contribution is -2.40. The molecule has 4 heterocycles. The summed E-state index contributed by atoms with van der Waals surface area (Å²) < 4.78 is 39.2. The molecular formula is C25H29F2N7O2. The Morgan fingerprint density at radius 2 is 2.03 bits per heavy atom. The SMILES string of the molecule is CO[C@H]1C[C@@H](CNc2ncnc(N3CCOC(c4ccc(F)cc4F)C3)c2C)N(c2ccncn2)C1. The third kappa shape index (κ3) is 5.07. The standard InChI is InChI=1S/C25H29F2N7O2/c1-16-24(29-11-18-10-19(35-2)12-34(18)23-5-6-28-14-30-23)31-15-32-25(16)33-7-8-36-22(13-33)20-4-3-17(26)9-21(20)27/h3-6,9,14-15,18-19,22H,7-8,10-13H2,1-2H3,(H,29,31,32)/t18-,19-,22?/m0/s1. The lowest BCUT2D eigenvalue weighted by atomic mass is 10.1. The predicted molar refractivity (Wildman–Crippen MR) is 131 cm³/mol. The molecule has 0 amide bonds. The number of nitrogens with zero attached hydrogens (tertiary/aromatic N) is 6. The van der Waals surface area contributed by atoms with Crippen molar-refractivity contribution in [3.8, 4) is 0 Å². The van der Waals surface area contributed by atoms with Crippen LogP contribution in [0.4, 0.5) is 26.2 Å². The summed E-state index contributed by atoms with van der Waals surface area (Å²) in [5.74, 6) is 1.15. The van der Waals surface area contributed by atoms with Gasteiger partial charge in [0.05, 0.1) is 18.8 Å².